The molecule has 0 aliphatic heterocycles. The van der Waals surface area contributed by atoms with Gasteiger partial charge in [-0.2, -0.15) is 0 Å². The molecule has 0 aromatic heterocycles. The summed E-state index contributed by atoms with van der Waals surface area (Å²) in [5.74, 6) is -8.05. The number of ether oxygens (including phenoxy) is 1. The minimum Gasteiger partial charge on any atom is -0.508 e. The lowest BCUT2D eigenvalue weighted by atomic mass is 9.57. The van der Waals surface area contributed by atoms with Crippen molar-refractivity contribution in [1.29, 1.82) is 0 Å². The number of benzene rings is 1. The van der Waals surface area contributed by atoms with Crippen LogP contribution in [0.15, 0.2) is 29.0 Å². The zero-order chi connectivity index (χ0) is 27.4. The van der Waals surface area contributed by atoms with E-state index >= 15 is 0 Å². The molecule has 2 unspecified atom stereocenters. The first-order valence-electron chi connectivity index (χ1n) is 12.0. The Labute approximate surface area is 220 Å². The highest BCUT2D eigenvalue weighted by Crippen LogP contribution is 2.52. The van der Waals surface area contributed by atoms with Crippen LogP contribution in [0.4, 0.5) is 0 Å². The van der Waals surface area contributed by atoms with Crippen LogP contribution in [0, 0.1) is 11.8 Å². The molecule has 1 aromatic rings. The number of hydrogen-bond donors (Lipinski definition) is 5. The van der Waals surface area contributed by atoms with Crippen molar-refractivity contribution in [1.82, 2.24) is 4.90 Å². The van der Waals surface area contributed by atoms with E-state index in [9.17, 15) is 39.6 Å². The zero-order valence-corrected chi connectivity index (χ0v) is 20.8. The number of likely N-dealkylation sites (N-methyl/N-ethyl adjacent to an activating group) is 1. The number of carbonyl (C=O) groups excluding carboxylic acids is 4. The van der Waals surface area contributed by atoms with Crippen molar-refractivity contribution in [2.75, 3.05) is 20.7 Å². The first kappa shape index (κ1) is 28.9. The molecule has 0 spiro atoms. The number of phenols is 1. The van der Waals surface area contributed by atoms with Crippen LogP contribution < -0.4 is 5.73 Å². The van der Waals surface area contributed by atoms with E-state index < -0.39 is 69.8 Å². The molecular formula is C27H34N2O9. The van der Waals surface area contributed by atoms with Crippen molar-refractivity contribution in [2.24, 2.45) is 17.6 Å². The molecule has 0 saturated heterocycles. The second-order valence-corrected chi connectivity index (χ2v) is 9.94. The number of amides is 1. The molecule has 4 rings (SSSR count). The lowest BCUT2D eigenvalue weighted by Gasteiger charge is -2.50. The van der Waals surface area contributed by atoms with Crippen LogP contribution in [0.1, 0.15) is 55.1 Å². The third kappa shape index (κ3) is 4.06. The summed E-state index contributed by atoms with van der Waals surface area (Å²) < 4.78 is 5.32. The Morgan fingerprint density at radius 1 is 1.18 bits per heavy atom. The number of unbranched alkanes of at least 4 members (excludes halogenated alkanes) is 1. The summed E-state index contributed by atoms with van der Waals surface area (Å²) in [7, 11) is 3.05. The summed E-state index contributed by atoms with van der Waals surface area (Å²) in [6.07, 6.45) is 1.42. The van der Waals surface area contributed by atoms with Gasteiger partial charge in [0.25, 0.3) is 5.91 Å². The number of fused-ring (bicyclic) bond motifs is 3. The molecular weight excluding hydrogens is 496 g/mol. The van der Waals surface area contributed by atoms with Crippen LogP contribution in [0.3, 0.4) is 0 Å². The normalized spacial score (nSPS) is 26.4. The predicted octanol–water partition coefficient (Wildman–Crippen LogP) is 1.56. The number of esters is 1. The molecule has 3 aliphatic carbocycles. The Balaban J connectivity index is 0.00000400. The summed E-state index contributed by atoms with van der Waals surface area (Å²) in [6, 6.07) is 1.39. The topological polar surface area (TPSA) is 188 Å². The monoisotopic (exact) mass is 530 g/mol. The second-order valence-electron chi connectivity index (χ2n) is 9.94. The van der Waals surface area contributed by atoms with Gasteiger partial charge >= 0.3 is 5.97 Å². The van der Waals surface area contributed by atoms with Crippen LogP contribution in [-0.4, -0.2) is 81.1 Å². The number of nitrogens with zero attached hydrogens (tertiary/aromatic N) is 1. The number of hydrogen-bond acceptors (Lipinski definition) is 10. The summed E-state index contributed by atoms with van der Waals surface area (Å²) in [6.45, 7) is 2.13. The summed E-state index contributed by atoms with van der Waals surface area (Å²) in [5, 5.41) is 44.2. The Morgan fingerprint density at radius 3 is 2.42 bits per heavy atom. The molecule has 0 heterocycles. The average molecular weight is 531 g/mol. The van der Waals surface area contributed by atoms with E-state index in [1.807, 2.05) is 6.92 Å². The van der Waals surface area contributed by atoms with Crippen molar-refractivity contribution < 1.29 is 44.3 Å². The van der Waals surface area contributed by atoms with Crippen molar-refractivity contribution >= 4 is 29.2 Å². The molecule has 206 valence electrons. The Hall–Kier alpha value is -3.70. The predicted molar refractivity (Wildman–Crippen MR) is 136 cm³/mol. The van der Waals surface area contributed by atoms with Crippen molar-refractivity contribution in [3.05, 3.63) is 45.7 Å². The smallest absolute Gasteiger partial charge is 0.338 e. The molecule has 0 bridgehead atoms. The molecule has 11 heteroatoms. The number of aliphatic hydroxyl groups excluding tert-OH is 2. The molecule has 6 N–H and O–H groups in total. The van der Waals surface area contributed by atoms with Gasteiger partial charge in [0.1, 0.15) is 22.8 Å². The lowest BCUT2D eigenvalue weighted by molar-refractivity contribution is -0.153. The number of rotatable bonds is 6. The van der Waals surface area contributed by atoms with Crippen LogP contribution in [0.5, 0.6) is 5.75 Å². The van der Waals surface area contributed by atoms with Gasteiger partial charge in [0.15, 0.2) is 11.4 Å². The molecule has 0 radical (unpaired) electrons. The van der Waals surface area contributed by atoms with Gasteiger partial charge in [-0.05, 0) is 57.0 Å². The maximum absolute atomic E-state index is 13.8. The highest BCUT2D eigenvalue weighted by atomic mass is 16.5. The molecule has 11 nitrogen and oxygen atoms in total. The average Bonchev–Trinajstić information content (AvgIpc) is 2.81. The van der Waals surface area contributed by atoms with E-state index in [2.05, 4.69) is 0 Å². The number of nitrogens with two attached hydrogens (primary N) is 1. The molecule has 1 amide bonds. The fourth-order valence-corrected chi connectivity index (χ4v) is 5.82. The molecule has 4 atom stereocenters. The number of ketones is 2. The number of carbonyl (C=O) groups is 4. The Bertz CT molecular complexity index is 1280. The minimum atomic E-state index is -2.71. The number of primary amides is 1. The lowest BCUT2D eigenvalue weighted by Crippen LogP contribution is -2.65. The van der Waals surface area contributed by atoms with Crippen molar-refractivity contribution in [2.45, 2.75) is 51.7 Å². The van der Waals surface area contributed by atoms with E-state index in [0.717, 1.165) is 6.42 Å². The van der Waals surface area contributed by atoms with Crippen LogP contribution in [-0.2, 0) is 25.5 Å². The number of phenolic OH excluding ortho intramolecular Hbond substituents is 1. The van der Waals surface area contributed by atoms with Gasteiger partial charge in [-0.3, -0.25) is 19.3 Å². The van der Waals surface area contributed by atoms with Gasteiger partial charge in [0.05, 0.1) is 23.8 Å². The maximum atomic E-state index is 13.8. The quantitative estimate of drug-likeness (QED) is 0.205. The fourth-order valence-electron chi connectivity index (χ4n) is 5.82. The molecule has 38 heavy (non-hydrogen) atoms. The van der Waals surface area contributed by atoms with Crippen molar-refractivity contribution in [3.63, 3.8) is 0 Å². The highest BCUT2D eigenvalue weighted by molar-refractivity contribution is 6.24. The van der Waals surface area contributed by atoms with Gasteiger partial charge in [-0.25, -0.2) is 4.79 Å². The van der Waals surface area contributed by atoms with Crippen molar-refractivity contribution in [3.8, 4) is 5.75 Å². The van der Waals surface area contributed by atoms with E-state index in [1.54, 1.807) is 0 Å². The molecule has 1 saturated carbocycles. The van der Waals surface area contributed by atoms with E-state index in [4.69, 9.17) is 10.5 Å². The third-order valence-corrected chi connectivity index (χ3v) is 7.56. The number of aromatic hydroxyl groups is 1. The summed E-state index contributed by atoms with van der Waals surface area (Å²) in [4.78, 5) is 53.1. The minimum absolute atomic E-state index is 0. The standard InChI is InChI=1S/C26H30N2O9.CH4/c1-4-5-8-37-25(35)12-6-7-15(29)17-13(12)9-11-10-14-19(28(2)3)21(31)18(24(27)34)23(33)26(14,36)22(32)16(11)20(17)30;/h6-7,11,14,19,29-30,33,36H,4-5,8-10H2,1-3H3,(H2,27,34);1H4/t11-,14-,19?,26?;/m0./s1. The zero-order valence-electron chi connectivity index (χ0n) is 20.8. The number of aliphatic hydroxyl groups is 3. The van der Waals surface area contributed by atoms with E-state index in [-0.39, 0.29) is 49.1 Å². The Kier molecular flexibility index (Phi) is 7.76. The highest BCUT2D eigenvalue weighted by Gasteiger charge is 2.64. The molecule has 1 aromatic carbocycles. The van der Waals surface area contributed by atoms with Gasteiger partial charge in [-0.15, -0.1) is 0 Å². The third-order valence-electron chi connectivity index (χ3n) is 7.56. The largest absolute Gasteiger partial charge is 0.508 e. The summed E-state index contributed by atoms with van der Waals surface area (Å²) >= 11 is 0. The number of Topliss-reactive ketones (excluding diaryl/α,β-unsaturated/α-hetero) is 2. The van der Waals surface area contributed by atoms with Crippen LogP contribution in [0.25, 0.3) is 5.76 Å². The van der Waals surface area contributed by atoms with E-state index in [1.165, 1.54) is 31.1 Å². The summed E-state index contributed by atoms with van der Waals surface area (Å²) in [5.41, 5.74) is 1.68. The first-order valence-corrected chi connectivity index (χ1v) is 12.0. The maximum Gasteiger partial charge on any atom is 0.338 e. The van der Waals surface area contributed by atoms with Crippen LogP contribution in [0.2, 0.25) is 0 Å². The molecule has 1 fully saturated rings. The first-order chi connectivity index (χ1) is 17.4. The van der Waals surface area contributed by atoms with Crippen LogP contribution >= 0.6 is 0 Å². The second kappa shape index (κ2) is 10.2. The Morgan fingerprint density at radius 2 is 1.84 bits per heavy atom. The SMILES string of the molecule is C.CCCCOC(=O)c1ccc(O)c2c1C[C@H]1C[C@H]3C(N(C)C)C(=O)C(C(N)=O)=C(O)C3(O)C(=O)C1=C2O. The van der Waals surface area contributed by atoms with Gasteiger partial charge in [-0.1, -0.05) is 20.8 Å². The van der Waals surface area contributed by atoms with E-state index in [0.29, 0.717) is 6.42 Å². The fraction of sp³-hybridized carbons (Fsp3) is 0.481. The van der Waals surface area contributed by atoms with Gasteiger partial charge in [0, 0.05) is 11.5 Å². The molecule has 3 aliphatic rings. The van der Waals surface area contributed by atoms with Gasteiger partial charge < -0.3 is 30.9 Å². The van der Waals surface area contributed by atoms with Gasteiger partial charge in [0.2, 0.25) is 5.78 Å².